The molecule has 3 N–H and O–H groups in total. The Balaban J connectivity index is 1.46. The molecule has 0 saturated carbocycles. The highest BCUT2D eigenvalue weighted by atomic mass is 16.5. The van der Waals surface area contributed by atoms with Crippen LogP contribution in [0.5, 0.6) is 5.75 Å². The van der Waals surface area contributed by atoms with E-state index in [1.165, 1.54) is 10.6 Å². The van der Waals surface area contributed by atoms with Crippen molar-refractivity contribution in [2.75, 3.05) is 48.8 Å². The second kappa shape index (κ2) is 12.4. The van der Waals surface area contributed by atoms with Crippen LogP contribution in [0, 0.1) is 6.92 Å². The van der Waals surface area contributed by atoms with E-state index in [9.17, 15) is 9.59 Å². The average Bonchev–Trinajstić information content (AvgIpc) is 3.05. The van der Waals surface area contributed by atoms with Crippen LogP contribution in [0.2, 0.25) is 0 Å². The maximum absolute atomic E-state index is 14.1. The van der Waals surface area contributed by atoms with Crippen LogP contribution >= 0.6 is 0 Å². The molecular weight excluding hydrogens is 556 g/mol. The van der Waals surface area contributed by atoms with E-state index in [1.807, 2.05) is 42.5 Å². The molecule has 6 rings (SSSR count). The number of hydrogen-bond acceptors (Lipinski definition) is 9. The van der Waals surface area contributed by atoms with E-state index in [0.29, 0.717) is 39.5 Å². The fourth-order valence-corrected chi connectivity index (χ4v) is 5.29. The van der Waals surface area contributed by atoms with Crippen LogP contribution < -0.4 is 31.1 Å². The van der Waals surface area contributed by atoms with Crippen molar-refractivity contribution < 1.29 is 9.53 Å². The third-order valence-corrected chi connectivity index (χ3v) is 7.43. The van der Waals surface area contributed by atoms with Gasteiger partial charge in [-0.2, -0.15) is 4.98 Å². The molecule has 0 radical (unpaired) electrons. The smallest absolute Gasteiger partial charge is 0.283 e. The van der Waals surface area contributed by atoms with Crippen LogP contribution in [-0.4, -0.2) is 58.7 Å². The Morgan fingerprint density at radius 3 is 2.59 bits per heavy atom. The predicted octanol–water partition coefficient (Wildman–Crippen LogP) is 4.44. The third kappa shape index (κ3) is 5.72. The van der Waals surface area contributed by atoms with Crippen molar-refractivity contribution in [2.45, 2.75) is 6.92 Å². The fraction of sp³-hybridized carbons (Fsp3) is 0.182. The lowest BCUT2D eigenvalue weighted by Gasteiger charge is -2.31. The van der Waals surface area contributed by atoms with Gasteiger partial charge in [-0.15, -0.1) is 0 Å². The standard InChI is InChI=1S/C33H32N8O3/c1-4-29(42)36-23-11-8-12-24(18-23)41-31-26(37-30(32(41)43)22-9-6-5-7-10-22)20-35-33(39-31)38-25-17-21(2)27(19-28(25)44-3)40-15-13-34-14-16-40/h4-12,17-20,34H,1,13-16H2,2-3H3,(H,36,42)(H,35,38,39). The minimum atomic E-state index is -0.366. The summed E-state index contributed by atoms with van der Waals surface area (Å²) in [6, 6.07) is 20.2. The molecule has 1 aliphatic heterocycles. The molecule has 2 aromatic heterocycles. The van der Waals surface area contributed by atoms with Gasteiger partial charge >= 0.3 is 0 Å². The molecule has 11 nitrogen and oxygen atoms in total. The van der Waals surface area contributed by atoms with Crippen LogP contribution in [-0.2, 0) is 4.79 Å². The second-order valence-electron chi connectivity index (χ2n) is 10.3. The molecule has 0 aliphatic carbocycles. The Labute approximate surface area is 254 Å². The number of nitrogens with one attached hydrogen (secondary N) is 3. The van der Waals surface area contributed by atoms with Gasteiger partial charge < -0.3 is 25.6 Å². The first kappa shape index (κ1) is 28.6. The highest BCUT2D eigenvalue weighted by molar-refractivity contribution is 5.99. The Hall–Kier alpha value is -5.55. The Bertz CT molecular complexity index is 1920. The zero-order valence-corrected chi connectivity index (χ0v) is 24.5. The Morgan fingerprint density at radius 1 is 1.05 bits per heavy atom. The first-order chi connectivity index (χ1) is 21.4. The number of aromatic nitrogens is 4. The maximum atomic E-state index is 14.1. The van der Waals surface area contributed by atoms with Gasteiger partial charge in [0, 0.05) is 49.2 Å². The number of nitrogens with zero attached hydrogens (tertiary/aromatic N) is 5. The van der Waals surface area contributed by atoms with Crippen molar-refractivity contribution in [3.63, 3.8) is 0 Å². The molecule has 3 aromatic carbocycles. The van der Waals surface area contributed by atoms with Crippen molar-refractivity contribution in [1.29, 1.82) is 0 Å². The summed E-state index contributed by atoms with van der Waals surface area (Å²) in [5.41, 5.74) is 5.17. The van der Waals surface area contributed by atoms with Crippen molar-refractivity contribution in [3.05, 3.63) is 101 Å². The summed E-state index contributed by atoms with van der Waals surface area (Å²) in [4.78, 5) is 42.4. The van der Waals surface area contributed by atoms with Crippen LogP contribution in [0.1, 0.15) is 5.56 Å². The summed E-state index contributed by atoms with van der Waals surface area (Å²) in [6.07, 6.45) is 2.77. The molecule has 1 aliphatic rings. The normalized spacial score (nSPS) is 13.0. The van der Waals surface area contributed by atoms with Crippen LogP contribution in [0.15, 0.2) is 90.4 Å². The number of anilines is 4. The van der Waals surface area contributed by atoms with E-state index in [2.05, 4.69) is 44.3 Å². The zero-order chi connectivity index (χ0) is 30.6. The highest BCUT2D eigenvalue weighted by Crippen LogP contribution is 2.35. The maximum Gasteiger partial charge on any atom is 0.283 e. The largest absolute Gasteiger partial charge is 0.494 e. The molecule has 5 aromatic rings. The van der Waals surface area contributed by atoms with E-state index in [1.54, 1.807) is 37.6 Å². The Morgan fingerprint density at radius 2 is 1.84 bits per heavy atom. The number of carbonyl (C=O) groups excluding carboxylic acids is 1. The number of fused-ring (bicyclic) bond motifs is 1. The molecule has 222 valence electrons. The number of benzene rings is 3. The van der Waals surface area contributed by atoms with Crippen molar-refractivity contribution >= 4 is 40.1 Å². The molecule has 0 atom stereocenters. The van der Waals surface area contributed by atoms with Gasteiger partial charge in [-0.25, -0.2) is 9.97 Å². The van der Waals surface area contributed by atoms with Gasteiger partial charge in [0.15, 0.2) is 5.65 Å². The first-order valence-electron chi connectivity index (χ1n) is 14.3. The number of aryl methyl sites for hydroxylation is 1. The summed E-state index contributed by atoms with van der Waals surface area (Å²) in [6.45, 7) is 9.27. The molecule has 0 spiro atoms. The molecule has 44 heavy (non-hydrogen) atoms. The predicted molar refractivity (Wildman–Crippen MR) is 173 cm³/mol. The van der Waals surface area contributed by atoms with Gasteiger partial charge in [-0.05, 0) is 42.8 Å². The zero-order valence-electron chi connectivity index (χ0n) is 24.5. The lowest BCUT2D eigenvalue weighted by molar-refractivity contribution is -0.111. The highest BCUT2D eigenvalue weighted by Gasteiger charge is 2.19. The van der Waals surface area contributed by atoms with E-state index in [4.69, 9.17) is 9.72 Å². The molecule has 1 amide bonds. The van der Waals surface area contributed by atoms with E-state index >= 15 is 0 Å². The molecule has 1 saturated heterocycles. The van der Waals surface area contributed by atoms with Gasteiger partial charge in [0.1, 0.15) is 17.0 Å². The molecule has 11 heteroatoms. The minimum Gasteiger partial charge on any atom is -0.494 e. The quantitative estimate of drug-likeness (QED) is 0.226. The topological polar surface area (TPSA) is 126 Å². The van der Waals surface area contributed by atoms with Gasteiger partial charge in [-0.1, -0.05) is 43.0 Å². The van der Waals surface area contributed by atoms with Gasteiger partial charge in [0.05, 0.1) is 24.7 Å². The number of hydrogen-bond donors (Lipinski definition) is 3. The minimum absolute atomic E-state index is 0.253. The lowest BCUT2D eigenvalue weighted by Crippen LogP contribution is -2.43. The Kier molecular flexibility index (Phi) is 8.02. The lowest BCUT2D eigenvalue weighted by atomic mass is 10.1. The molecular formula is C33H32N8O3. The summed E-state index contributed by atoms with van der Waals surface area (Å²) in [5.74, 6) is 0.553. The number of amides is 1. The number of rotatable bonds is 8. The number of piperazine rings is 1. The van der Waals surface area contributed by atoms with Crippen LogP contribution in [0.25, 0.3) is 28.1 Å². The first-order valence-corrected chi connectivity index (χ1v) is 14.3. The molecule has 3 heterocycles. The number of ether oxygens (including phenoxy) is 1. The number of carbonyl (C=O) groups is 1. The summed E-state index contributed by atoms with van der Waals surface area (Å²) >= 11 is 0. The van der Waals surface area contributed by atoms with Gasteiger partial charge in [-0.3, -0.25) is 14.2 Å². The van der Waals surface area contributed by atoms with Crippen LogP contribution in [0.3, 0.4) is 0 Å². The SMILES string of the molecule is C=CC(=O)Nc1cccc(-n2c(=O)c(-c3ccccc3)nc3cnc(Nc4cc(C)c(N5CCNCC5)cc4OC)nc32)c1. The molecule has 1 fully saturated rings. The molecule has 0 bridgehead atoms. The summed E-state index contributed by atoms with van der Waals surface area (Å²) in [5, 5.41) is 9.42. The van der Waals surface area contributed by atoms with Crippen molar-refractivity contribution in [1.82, 2.24) is 24.8 Å². The fourth-order valence-electron chi connectivity index (χ4n) is 5.29. The van der Waals surface area contributed by atoms with E-state index in [0.717, 1.165) is 37.4 Å². The number of methoxy groups -OCH3 is 1. The van der Waals surface area contributed by atoms with E-state index in [-0.39, 0.29) is 23.1 Å². The van der Waals surface area contributed by atoms with Gasteiger partial charge in [0.25, 0.3) is 5.56 Å². The van der Waals surface area contributed by atoms with Gasteiger partial charge in [0.2, 0.25) is 11.9 Å². The van der Waals surface area contributed by atoms with Crippen molar-refractivity contribution in [3.8, 4) is 22.7 Å². The summed E-state index contributed by atoms with van der Waals surface area (Å²) < 4.78 is 7.24. The summed E-state index contributed by atoms with van der Waals surface area (Å²) in [7, 11) is 1.63. The average molecular weight is 589 g/mol. The molecule has 0 unspecified atom stereocenters. The van der Waals surface area contributed by atoms with E-state index < -0.39 is 0 Å². The second-order valence-corrected chi connectivity index (χ2v) is 10.3. The van der Waals surface area contributed by atoms with Crippen LogP contribution in [0.4, 0.5) is 23.0 Å². The van der Waals surface area contributed by atoms with Crippen molar-refractivity contribution in [2.24, 2.45) is 0 Å². The third-order valence-electron chi connectivity index (χ3n) is 7.43. The monoisotopic (exact) mass is 588 g/mol.